The molecular weight excluding hydrogens is 283 g/mol. The van der Waals surface area contributed by atoms with Crippen LogP contribution >= 0.6 is 24.0 Å². The fourth-order valence-corrected chi connectivity index (χ4v) is 2.63. The fourth-order valence-electron chi connectivity index (χ4n) is 2.45. The minimum absolute atomic E-state index is 0. The summed E-state index contributed by atoms with van der Waals surface area (Å²) in [5, 5.41) is 0.647. The zero-order chi connectivity index (χ0) is 13.1. The normalized spacial score (nSPS) is 18.9. The molecule has 1 amide bonds. The molecule has 1 aromatic rings. The molecule has 1 atom stereocenters. The summed E-state index contributed by atoms with van der Waals surface area (Å²) in [6.07, 6.45) is 2.15. The second kappa shape index (κ2) is 7.13. The van der Waals surface area contributed by atoms with E-state index in [4.69, 9.17) is 17.3 Å². The van der Waals surface area contributed by atoms with Crippen molar-refractivity contribution in [2.24, 2.45) is 11.7 Å². The van der Waals surface area contributed by atoms with Crippen molar-refractivity contribution < 1.29 is 4.79 Å². The number of amides is 1. The van der Waals surface area contributed by atoms with Crippen LogP contribution in [0.4, 0.5) is 0 Å². The van der Waals surface area contributed by atoms with Crippen LogP contribution in [0.15, 0.2) is 18.2 Å². The summed E-state index contributed by atoms with van der Waals surface area (Å²) in [6, 6.07) is 5.48. The van der Waals surface area contributed by atoms with Gasteiger partial charge in [0.2, 0.25) is 0 Å². The van der Waals surface area contributed by atoms with Gasteiger partial charge in [-0.2, -0.15) is 0 Å². The summed E-state index contributed by atoms with van der Waals surface area (Å²) in [5.74, 6) is 0.510. The second-order valence-electron chi connectivity index (χ2n) is 4.91. The van der Waals surface area contributed by atoms with Crippen LogP contribution in [0.5, 0.6) is 0 Å². The van der Waals surface area contributed by atoms with E-state index in [2.05, 4.69) is 0 Å². The molecule has 1 aliphatic heterocycles. The Morgan fingerprint density at radius 2 is 2.26 bits per heavy atom. The Labute approximate surface area is 125 Å². The lowest BCUT2D eigenvalue weighted by Gasteiger charge is -2.32. The average molecular weight is 303 g/mol. The predicted octanol–water partition coefficient (Wildman–Crippen LogP) is 2.88. The maximum absolute atomic E-state index is 12.5. The van der Waals surface area contributed by atoms with Crippen LogP contribution in [0.1, 0.15) is 28.8 Å². The van der Waals surface area contributed by atoms with Crippen LogP contribution in [-0.4, -0.2) is 30.4 Å². The number of piperidine rings is 1. The molecule has 0 radical (unpaired) electrons. The van der Waals surface area contributed by atoms with Crippen molar-refractivity contribution in [1.29, 1.82) is 0 Å². The van der Waals surface area contributed by atoms with E-state index in [1.807, 2.05) is 30.0 Å². The van der Waals surface area contributed by atoms with Gasteiger partial charge in [-0.05, 0) is 49.9 Å². The molecule has 1 saturated heterocycles. The number of likely N-dealkylation sites (tertiary alicyclic amines) is 1. The number of hydrogen-bond donors (Lipinski definition) is 1. The molecule has 2 rings (SSSR count). The van der Waals surface area contributed by atoms with Gasteiger partial charge >= 0.3 is 0 Å². The first-order valence-corrected chi connectivity index (χ1v) is 6.75. The Balaban J connectivity index is 0.00000180. The van der Waals surface area contributed by atoms with Crippen molar-refractivity contribution >= 4 is 29.9 Å². The average Bonchev–Trinajstić information content (AvgIpc) is 2.41. The first-order chi connectivity index (χ1) is 8.63. The zero-order valence-corrected chi connectivity index (χ0v) is 12.6. The van der Waals surface area contributed by atoms with Crippen LogP contribution in [0.3, 0.4) is 0 Å². The summed E-state index contributed by atoms with van der Waals surface area (Å²) in [4.78, 5) is 14.4. The number of carbonyl (C=O) groups is 1. The summed E-state index contributed by atoms with van der Waals surface area (Å²) in [5.41, 5.74) is 7.27. The zero-order valence-electron chi connectivity index (χ0n) is 11.1. The van der Waals surface area contributed by atoms with E-state index >= 15 is 0 Å². The molecule has 1 unspecified atom stereocenters. The third kappa shape index (κ3) is 3.62. The molecule has 0 saturated carbocycles. The molecular formula is C14H20Cl2N2O. The van der Waals surface area contributed by atoms with Crippen LogP contribution in [-0.2, 0) is 0 Å². The highest BCUT2D eigenvalue weighted by atomic mass is 35.5. The standard InChI is InChI=1S/C14H19ClN2O.ClH/c1-10-12(5-2-6-13(10)15)14(18)17-7-3-4-11(8-16)9-17;/h2,5-6,11H,3-4,7-9,16H2,1H3;1H. The lowest BCUT2D eigenvalue weighted by molar-refractivity contribution is 0.0677. The van der Waals surface area contributed by atoms with E-state index in [-0.39, 0.29) is 18.3 Å². The van der Waals surface area contributed by atoms with Crippen LogP contribution in [0.25, 0.3) is 0 Å². The van der Waals surface area contributed by atoms with Gasteiger partial charge in [0.1, 0.15) is 0 Å². The molecule has 1 heterocycles. The van der Waals surface area contributed by atoms with Crippen LogP contribution < -0.4 is 5.73 Å². The van der Waals surface area contributed by atoms with E-state index in [9.17, 15) is 4.79 Å². The van der Waals surface area contributed by atoms with E-state index in [0.717, 1.165) is 31.5 Å². The Morgan fingerprint density at radius 1 is 1.53 bits per heavy atom. The maximum atomic E-state index is 12.5. The highest BCUT2D eigenvalue weighted by Gasteiger charge is 2.24. The van der Waals surface area contributed by atoms with Gasteiger partial charge < -0.3 is 10.6 Å². The summed E-state index contributed by atoms with van der Waals surface area (Å²) in [6.45, 7) is 4.13. The number of nitrogens with two attached hydrogens (primary N) is 1. The minimum Gasteiger partial charge on any atom is -0.338 e. The lowest BCUT2D eigenvalue weighted by Crippen LogP contribution is -2.42. The van der Waals surface area contributed by atoms with E-state index < -0.39 is 0 Å². The molecule has 5 heteroatoms. The Bertz CT molecular complexity index is 451. The monoisotopic (exact) mass is 302 g/mol. The van der Waals surface area contributed by atoms with Crippen molar-refractivity contribution in [1.82, 2.24) is 4.90 Å². The molecule has 1 fully saturated rings. The molecule has 3 nitrogen and oxygen atoms in total. The van der Waals surface area contributed by atoms with Crippen molar-refractivity contribution in [2.45, 2.75) is 19.8 Å². The SMILES string of the molecule is Cc1c(Cl)cccc1C(=O)N1CCCC(CN)C1.Cl. The van der Waals surface area contributed by atoms with Gasteiger partial charge in [-0.25, -0.2) is 0 Å². The van der Waals surface area contributed by atoms with Crippen LogP contribution in [0, 0.1) is 12.8 Å². The number of carbonyl (C=O) groups excluding carboxylic acids is 1. The highest BCUT2D eigenvalue weighted by Crippen LogP contribution is 2.23. The third-order valence-electron chi connectivity index (χ3n) is 3.64. The van der Waals surface area contributed by atoms with Gasteiger partial charge in [0, 0.05) is 23.7 Å². The van der Waals surface area contributed by atoms with Crippen molar-refractivity contribution in [3.63, 3.8) is 0 Å². The first-order valence-electron chi connectivity index (χ1n) is 6.38. The van der Waals surface area contributed by atoms with Crippen molar-refractivity contribution in [3.8, 4) is 0 Å². The Hall–Kier alpha value is -0.770. The fraction of sp³-hybridized carbons (Fsp3) is 0.500. The number of nitrogens with zero attached hydrogens (tertiary/aromatic N) is 1. The van der Waals surface area contributed by atoms with Gasteiger partial charge in [0.05, 0.1) is 0 Å². The lowest BCUT2D eigenvalue weighted by atomic mass is 9.97. The molecule has 0 spiro atoms. The number of halogens is 2. The largest absolute Gasteiger partial charge is 0.338 e. The molecule has 0 bridgehead atoms. The molecule has 2 N–H and O–H groups in total. The smallest absolute Gasteiger partial charge is 0.254 e. The maximum Gasteiger partial charge on any atom is 0.254 e. The number of rotatable bonds is 2. The van der Waals surface area contributed by atoms with Crippen molar-refractivity contribution in [2.75, 3.05) is 19.6 Å². The van der Waals surface area contributed by atoms with E-state index in [0.29, 0.717) is 23.0 Å². The van der Waals surface area contributed by atoms with Gasteiger partial charge in [-0.3, -0.25) is 4.79 Å². The van der Waals surface area contributed by atoms with Gasteiger partial charge in [-0.15, -0.1) is 12.4 Å². The van der Waals surface area contributed by atoms with Gasteiger partial charge in [0.15, 0.2) is 0 Å². The molecule has 0 aliphatic carbocycles. The summed E-state index contributed by atoms with van der Waals surface area (Å²) < 4.78 is 0. The molecule has 1 aromatic carbocycles. The Kier molecular flexibility index (Phi) is 6.11. The van der Waals surface area contributed by atoms with Crippen molar-refractivity contribution in [3.05, 3.63) is 34.3 Å². The molecule has 19 heavy (non-hydrogen) atoms. The summed E-state index contributed by atoms with van der Waals surface area (Å²) >= 11 is 6.06. The molecule has 0 aromatic heterocycles. The predicted molar refractivity (Wildman–Crippen MR) is 81.1 cm³/mol. The van der Waals surface area contributed by atoms with Gasteiger partial charge in [0.25, 0.3) is 5.91 Å². The van der Waals surface area contributed by atoms with Crippen LogP contribution in [0.2, 0.25) is 5.02 Å². The quantitative estimate of drug-likeness (QED) is 0.913. The second-order valence-corrected chi connectivity index (χ2v) is 5.31. The topological polar surface area (TPSA) is 46.3 Å². The molecule has 106 valence electrons. The first kappa shape index (κ1) is 16.3. The number of benzene rings is 1. The Morgan fingerprint density at radius 3 is 2.95 bits per heavy atom. The van der Waals surface area contributed by atoms with E-state index in [1.165, 1.54) is 0 Å². The third-order valence-corrected chi connectivity index (χ3v) is 4.05. The van der Waals surface area contributed by atoms with Gasteiger partial charge in [-0.1, -0.05) is 17.7 Å². The number of hydrogen-bond acceptors (Lipinski definition) is 2. The summed E-state index contributed by atoms with van der Waals surface area (Å²) in [7, 11) is 0. The highest BCUT2D eigenvalue weighted by molar-refractivity contribution is 6.31. The molecule has 1 aliphatic rings. The minimum atomic E-state index is 0. The van der Waals surface area contributed by atoms with E-state index in [1.54, 1.807) is 0 Å².